The third-order valence-corrected chi connectivity index (χ3v) is 7.77. The maximum Gasteiger partial charge on any atom is 0.264 e. The fraction of sp³-hybridized carbons (Fsp3) is 0.269. The van der Waals surface area contributed by atoms with E-state index in [0.29, 0.717) is 23.1 Å². The van der Waals surface area contributed by atoms with Crippen LogP contribution >= 0.6 is 11.6 Å². The maximum atomic E-state index is 13.6. The monoisotopic (exact) mass is 513 g/mol. The lowest BCUT2D eigenvalue weighted by Crippen LogP contribution is -2.38. The minimum atomic E-state index is -4.09. The van der Waals surface area contributed by atoms with Gasteiger partial charge in [-0.25, -0.2) is 8.42 Å². The van der Waals surface area contributed by atoms with Gasteiger partial charge in [0.2, 0.25) is 5.91 Å². The normalized spacial score (nSPS) is 13.5. The van der Waals surface area contributed by atoms with Gasteiger partial charge < -0.3 is 15.0 Å². The number of para-hydroxylation sites is 2. The van der Waals surface area contributed by atoms with Gasteiger partial charge in [-0.3, -0.25) is 9.10 Å². The average molecular weight is 514 g/mol. The number of benzene rings is 3. The number of carbonyl (C=O) groups excluding carboxylic acids is 1. The molecule has 3 aromatic carbocycles. The van der Waals surface area contributed by atoms with E-state index in [1.54, 1.807) is 24.3 Å². The van der Waals surface area contributed by atoms with Crippen LogP contribution in [0.4, 0.5) is 17.1 Å². The van der Waals surface area contributed by atoms with Gasteiger partial charge in [-0.1, -0.05) is 23.7 Å². The van der Waals surface area contributed by atoms with Gasteiger partial charge in [0, 0.05) is 29.5 Å². The number of sulfonamides is 1. The molecule has 9 heteroatoms. The first-order valence-corrected chi connectivity index (χ1v) is 13.4. The van der Waals surface area contributed by atoms with Gasteiger partial charge in [-0.05, 0) is 80.4 Å². The highest BCUT2D eigenvalue weighted by Gasteiger charge is 2.29. The second-order valence-corrected chi connectivity index (χ2v) is 10.5. The number of nitrogens with zero attached hydrogens (tertiary/aromatic N) is 2. The standard InChI is InChI=1S/C26H28ClN3O4S/c1-2-34-25-8-4-3-7-24(25)30(35(32,33)23-15-9-20(27)10-16-23)19-26(31)28-21-11-13-22(14-12-21)29-17-5-6-18-29/h3-4,7-16H,2,5-6,17-19H2,1H3,(H,28,31). The third-order valence-electron chi connectivity index (χ3n) is 5.74. The Morgan fingerprint density at radius 2 is 1.66 bits per heavy atom. The van der Waals surface area contributed by atoms with Crippen molar-refractivity contribution >= 4 is 44.6 Å². The second kappa shape index (κ2) is 11.0. The number of ether oxygens (including phenoxy) is 1. The summed E-state index contributed by atoms with van der Waals surface area (Å²) < 4.78 is 34.0. The smallest absolute Gasteiger partial charge is 0.264 e. The van der Waals surface area contributed by atoms with Crippen LogP contribution < -0.4 is 19.3 Å². The van der Waals surface area contributed by atoms with Gasteiger partial charge in [0.1, 0.15) is 12.3 Å². The lowest BCUT2D eigenvalue weighted by atomic mass is 10.2. The zero-order valence-electron chi connectivity index (χ0n) is 19.5. The minimum absolute atomic E-state index is 0.0240. The molecule has 1 aliphatic heterocycles. The van der Waals surface area contributed by atoms with Gasteiger partial charge in [-0.15, -0.1) is 0 Å². The highest BCUT2D eigenvalue weighted by atomic mass is 35.5. The van der Waals surface area contributed by atoms with Gasteiger partial charge in [0.15, 0.2) is 0 Å². The lowest BCUT2D eigenvalue weighted by Gasteiger charge is -2.26. The molecule has 0 radical (unpaired) electrons. The molecule has 3 aromatic rings. The van der Waals surface area contributed by atoms with Crippen molar-refractivity contribution in [2.45, 2.75) is 24.7 Å². The second-order valence-electron chi connectivity index (χ2n) is 8.16. The Hall–Kier alpha value is -3.23. The van der Waals surface area contributed by atoms with Gasteiger partial charge in [0.05, 0.1) is 17.2 Å². The number of hydrogen-bond donors (Lipinski definition) is 1. The van der Waals surface area contributed by atoms with Crippen molar-refractivity contribution < 1.29 is 17.9 Å². The van der Waals surface area contributed by atoms with Crippen LogP contribution in [0.1, 0.15) is 19.8 Å². The lowest BCUT2D eigenvalue weighted by molar-refractivity contribution is -0.114. The third kappa shape index (κ3) is 5.89. The van der Waals surface area contributed by atoms with E-state index in [2.05, 4.69) is 10.2 Å². The summed E-state index contributed by atoms with van der Waals surface area (Å²) in [4.78, 5) is 15.4. The van der Waals surface area contributed by atoms with Crippen molar-refractivity contribution in [1.82, 2.24) is 0 Å². The molecule has 184 valence electrons. The van der Waals surface area contributed by atoms with Crippen LogP contribution in [-0.4, -0.2) is 40.6 Å². The SMILES string of the molecule is CCOc1ccccc1N(CC(=O)Nc1ccc(N2CCCC2)cc1)S(=O)(=O)c1ccc(Cl)cc1. The van der Waals surface area contributed by atoms with Crippen LogP contribution in [0.2, 0.25) is 5.02 Å². The van der Waals surface area contributed by atoms with Crippen LogP contribution in [0.25, 0.3) is 0 Å². The Bertz CT molecular complexity index is 1260. The Morgan fingerprint density at radius 1 is 1.00 bits per heavy atom. The van der Waals surface area contributed by atoms with Crippen molar-refractivity contribution in [3.63, 3.8) is 0 Å². The minimum Gasteiger partial charge on any atom is -0.492 e. The van der Waals surface area contributed by atoms with Crippen molar-refractivity contribution in [1.29, 1.82) is 0 Å². The number of halogens is 1. The van der Waals surface area contributed by atoms with Crippen LogP contribution in [0.3, 0.4) is 0 Å². The number of hydrogen-bond acceptors (Lipinski definition) is 5. The van der Waals surface area contributed by atoms with Crippen LogP contribution in [0, 0.1) is 0 Å². The molecule has 35 heavy (non-hydrogen) atoms. The number of rotatable bonds is 9. The first-order valence-electron chi connectivity index (χ1n) is 11.5. The van der Waals surface area contributed by atoms with E-state index in [-0.39, 0.29) is 10.6 Å². The molecule has 0 atom stereocenters. The predicted octanol–water partition coefficient (Wildman–Crippen LogP) is 5.17. The number of nitrogens with one attached hydrogen (secondary N) is 1. The van der Waals surface area contributed by atoms with Crippen LogP contribution in [0.15, 0.2) is 77.7 Å². The molecule has 0 spiro atoms. The molecule has 1 saturated heterocycles. The highest BCUT2D eigenvalue weighted by Crippen LogP contribution is 2.33. The molecule has 0 saturated carbocycles. The fourth-order valence-corrected chi connectivity index (χ4v) is 5.59. The molecule has 1 heterocycles. The molecular weight excluding hydrogens is 486 g/mol. The summed E-state index contributed by atoms with van der Waals surface area (Å²) in [5.41, 5.74) is 1.99. The van der Waals surface area contributed by atoms with E-state index >= 15 is 0 Å². The Labute approximate surface area is 211 Å². The molecule has 0 bridgehead atoms. The van der Waals surface area contributed by atoms with E-state index < -0.39 is 22.5 Å². The Morgan fingerprint density at radius 3 is 2.31 bits per heavy atom. The molecular formula is C26H28ClN3O4S. The Balaban J connectivity index is 1.60. The van der Waals surface area contributed by atoms with E-state index in [1.165, 1.54) is 37.1 Å². The number of anilines is 3. The zero-order valence-corrected chi connectivity index (χ0v) is 21.1. The van der Waals surface area contributed by atoms with Crippen molar-refractivity contribution in [2.75, 3.05) is 40.8 Å². The van der Waals surface area contributed by atoms with E-state index in [4.69, 9.17) is 16.3 Å². The van der Waals surface area contributed by atoms with E-state index in [0.717, 1.165) is 23.1 Å². The predicted molar refractivity (Wildman–Crippen MR) is 140 cm³/mol. The van der Waals surface area contributed by atoms with Crippen LogP contribution in [0.5, 0.6) is 5.75 Å². The van der Waals surface area contributed by atoms with Crippen LogP contribution in [-0.2, 0) is 14.8 Å². The van der Waals surface area contributed by atoms with Gasteiger partial charge in [0.25, 0.3) is 10.0 Å². The zero-order chi connectivity index (χ0) is 24.8. The first-order chi connectivity index (χ1) is 16.9. The Kier molecular flexibility index (Phi) is 7.83. The quantitative estimate of drug-likeness (QED) is 0.427. The van der Waals surface area contributed by atoms with E-state index in [9.17, 15) is 13.2 Å². The summed E-state index contributed by atoms with van der Waals surface area (Å²) in [5.74, 6) is -0.0990. The molecule has 0 aromatic heterocycles. The summed E-state index contributed by atoms with van der Waals surface area (Å²) in [5, 5.41) is 3.24. The van der Waals surface area contributed by atoms with E-state index in [1.807, 2.05) is 31.2 Å². The number of carbonyl (C=O) groups is 1. The molecule has 7 nitrogen and oxygen atoms in total. The molecule has 0 aliphatic carbocycles. The molecule has 1 aliphatic rings. The average Bonchev–Trinajstić information content (AvgIpc) is 3.39. The summed E-state index contributed by atoms with van der Waals surface area (Å²) in [6.07, 6.45) is 2.36. The largest absolute Gasteiger partial charge is 0.492 e. The molecule has 1 fully saturated rings. The van der Waals surface area contributed by atoms with Gasteiger partial charge in [-0.2, -0.15) is 0 Å². The molecule has 4 rings (SSSR count). The molecule has 1 N–H and O–H groups in total. The first kappa shape index (κ1) is 24.9. The molecule has 1 amide bonds. The number of amides is 1. The van der Waals surface area contributed by atoms with Crippen molar-refractivity contribution in [2.24, 2.45) is 0 Å². The highest BCUT2D eigenvalue weighted by molar-refractivity contribution is 7.92. The molecule has 0 unspecified atom stereocenters. The van der Waals surface area contributed by atoms with Crippen molar-refractivity contribution in [3.8, 4) is 5.75 Å². The maximum absolute atomic E-state index is 13.6. The summed E-state index contributed by atoms with van der Waals surface area (Å²) in [6, 6.07) is 20.2. The summed E-state index contributed by atoms with van der Waals surface area (Å²) >= 11 is 5.96. The summed E-state index contributed by atoms with van der Waals surface area (Å²) in [7, 11) is -4.09. The topological polar surface area (TPSA) is 79.0 Å². The van der Waals surface area contributed by atoms with Gasteiger partial charge >= 0.3 is 0 Å². The van der Waals surface area contributed by atoms with Crippen molar-refractivity contribution in [3.05, 3.63) is 77.8 Å². The summed E-state index contributed by atoms with van der Waals surface area (Å²) in [6.45, 7) is 3.79. The fourth-order valence-electron chi connectivity index (χ4n) is 4.04.